The van der Waals surface area contributed by atoms with Crippen molar-refractivity contribution in [1.29, 1.82) is 0 Å². The summed E-state index contributed by atoms with van der Waals surface area (Å²) in [5, 5.41) is 6.78. The Kier molecular flexibility index (Phi) is 2.85. The van der Waals surface area contributed by atoms with Gasteiger partial charge in [0, 0.05) is 13.1 Å². The first-order valence-corrected chi connectivity index (χ1v) is 5.49. The third kappa shape index (κ3) is 2.16. The highest BCUT2D eigenvalue weighted by molar-refractivity contribution is 7.92. The molecule has 1 N–H and O–H groups in total. The van der Waals surface area contributed by atoms with Crippen LogP contribution in [-0.2, 0) is 9.84 Å². The van der Waals surface area contributed by atoms with Gasteiger partial charge in [0.1, 0.15) is 0 Å². The van der Waals surface area contributed by atoms with E-state index in [4.69, 9.17) is 5.11 Å². The summed E-state index contributed by atoms with van der Waals surface area (Å²) in [5.41, 5.74) is -5.31. The summed E-state index contributed by atoms with van der Waals surface area (Å²) >= 11 is 0. The van der Waals surface area contributed by atoms with Gasteiger partial charge < -0.3 is 10.0 Å². The minimum absolute atomic E-state index is 0.185. The lowest BCUT2D eigenvalue weighted by molar-refractivity contribution is -0.0444. The Morgan fingerprint density at radius 3 is 2.27 bits per heavy atom. The average Bonchev–Trinajstić information content (AvgIpc) is 2.49. The Balaban J connectivity index is 2.82. The van der Waals surface area contributed by atoms with Crippen LogP contribution in [0.25, 0.3) is 0 Å². The number of hydrogen-bond acceptors (Lipinski definition) is 3. The number of nitrogens with zero attached hydrogens (tertiary/aromatic N) is 1. The normalized spacial score (nSPS) is 23.1. The van der Waals surface area contributed by atoms with E-state index in [0.29, 0.717) is 4.90 Å². The quantitative estimate of drug-likeness (QED) is 0.739. The van der Waals surface area contributed by atoms with Crippen LogP contribution in [0, 0.1) is 0 Å². The molecule has 1 saturated heterocycles. The summed E-state index contributed by atoms with van der Waals surface area (Å²) in [6.07, 6.45) is -1.72. The summed E-state index contributed by atoms with van der Waals surface area (Å²) in [6.45, 7) is -0.799. The summed E-state index contributed by atoms with van der Waals surface area (Å²) in [7, 11) is -5.25. The Labute approximate surface area is 83.4 Å². The molecule has 0 unspecified atom stereocenters. The molecule has 1 aliphatic heterocycles. The van der Waals surface area contributed by atoms with Crippen LogP contribution in [0.2, 0.25) is 0 Å². The van der Waals surface area contributed by atoms with Crippen molar-refractivity contribution in [2.45, 2.75) is 17.2 Å². The van der Waals surface area contributed by atoms with Crippen molar-refractivity contribution in [1.82, 2.24) is 4.90 Å². The van der Waals surface area contributed by atoms with Gasteiger partial charge in [-0.3, -0.25) is 0 Å². The van der Waals surface area contributed by atoms with Crippen LogP contribution in [0.1, 0.15) is 6.42 Å². The molecule has 1 atom stereocenters. The van der Waals surface area contributed by atoms with Crippen molar-refractivity contribution in [2.24, 2.45) is 0 Å². The predicted molar refractivity (Wildman–Crippen MR) is 43.0 cm³/mol. The fourth-order valence-electron chi connectivity index (χ4n) is 1.34. The van der Waals surface area contributed by atoms with E-state index in [-0.39, 0.29) is 13.0 Å². The Morgan fingerprint density at radius 1 is 1.40 bits per heavy atom. The van der Waals surface area contributed by atoms with E-state index < -0.39 is 33.2 Å². The van der Waals surface area contributed by atoms with Crippen molar-refractivity contribution in [3.8, 4) is 0 Å². The van der Waals surface area contributed by atoms with Crippen LogP contribution >= 0.6 is 0 Å². The van der Waals surface area contributed by atoms with Crippen molar-refractivity contribution in [3.63, 3.8) is 0 Å². The lowest BCUT2D eigenvalue weighted by Crippen LogP contribution is -2.37. The third-order valence-corrected chi connectivity index (χ3v) is 4.08. The smallest absolute Gasteiger partial charge is 0.465 e. The van der Waals surface area contributed by atoms with E-state index >= 15 is 0 Å². The van der Waals surface area contributed by atoms with Crippen LogP contribution < -0.4 is 0 Å². The van der Waals surface area contributed by atoms with Gasteiger partial charge in [0.25, 0.3) is 9.84 Å². The number of sulfone groups is 1. The average molecular weight is 247 g/mol. The number of carboxylic acid groups (broad SMARTS) is 1. The zero-order valence-electron chi connectivity index (χ0n) is 7.36. The molecule has 0 aliphatic carbocycles. The molecule has 0 radical (unpaired) electrons. The fourth-order valence-corrected chi connectivity index (χ4v) is 2.51. The van der Waals surface area contributed by atoms with E-state index in [2.05, 4.69) is 0 Å². The molecule has 0 aromatic rings. The third-order valence-electron chi connectivity index (χ3n) is 2.18. The minimum atomic E-state index is -5.31. The zero-order valence-corrected chi connectivity index (χ0v) is 8.18. The van der Waals surface area contributed by atoms with Gasteiger partial charge in [-0.2, -0.15) is 13.2 Å². The van der Waals surface area contributed by atoms with Crippen LogP contribution in [0.15, 0.2) is 0 Å². The molecule has 1 heterocycles. The summed E-state index contributed by atoms with van der Waals surface area (Å²) in [5.74, 6) is 0. The summed E-state index contributed by atoms with van der Waals surface area (Å²) in [6, 6.07) is 0. The second-order valence-corrected chi connectivity index (χ2v) is 5.35. The van der Waals surface area contributed by atoms with Crippen molar-refractivity contribution in [2.75, 3.05) is 13.1 Å². The van der Waals surface area contributed by atoms with E-state index in [1.807, 2.05) is 0 Å². The molecule has 0 spiro atoms. The molecule has 0 aromatic carbocycles. The molecule has 0 saturated carbocycles. The Bertz CT molecular complexity index is 363. The maximum atomic E-state index is 12.1. The van der Waals surface area contributed by atoms with Gasteiger partial charge in [0.2, 0.25) is 0 Å². The predicted octanol–water partition coefficient (Wildman–Crippen LogP) is 0.673. The van der Waals surface area contributed by atoms with Crippen molar-refractivity contribution in [3.05, 3.63) is 0 Å². The molecule has 88 valence electrons. The number of amides is 1. The highest BCUT2D eigenvalue weighted by Gasteiger charge is 2.52. The van der Waals surface area contributed by atoms with Gasteiger partial charge in [0.15, 0.2) is 0 Å². The van der Waals surface area contributed by atoms with Gasteiger partial charge in [-0.05, 0) is 6.42 Å². The highest BCUT2D eigenvalue weighted by atomic mass is 32.2. The SMILES string of the molecule is O=C(O)N1CC[C@H](S(=O)(=O)C(F)(F)F)C1. The summed E-state index contributed by atoms with van der Waals surface area (Å²) < 4.78 is 57.9. The van der Waals surface area contributed by atoms with Gasteiger partial charge >= 0.3 is 11.6 Å². The molecule has 5 nitrogen and oxygen atoms in total. The van der Waals surface area contributed by atoms with Gasteiger partial charge in [-0.25, -0.2) is 13.2 Å². The molecule has 1 aliphatic rings. The van der Waals surface area contributed by atoms with Crippen molar-refractivity contribution >= 4 is 15.9 Å². The molecule has 1 rings (SSSR count). The van der Waals surface area contributed by atoms with E-state index in [1.54, 1.807) is 0 Å². The number of likely N-dealkylation sites (tertiary alicyclic amines) is 1. The second kappa shape index (κ2) is 3.54. The van der Waals surface area contributed by atoms with Gasteiger partial charge in [-0.1, -0.05) is 0 Å². The number of hydrogen-bond donors (Lipinski definition) is 1. The molecule has 0 bridgehead atoms. The van der Waals surface area contributed by atoms with Crippen molar-refractivity contribution < 1.29 is 31.5 Å². The summed E-state index contributed by atoms with van der Waals surface area (Å²) in [4.78, 5) is 11.0. The van der Waals surface area contributed by atoms with E-state index in [1.165, 1.54) is 0 Å². The molecular weight excluding hydrogens is 239 g/mol. The first-order valence-electron chi connectivity index (χ1n) is 3.94. The molecule has 1 fully saturated rings. The van der Waals surface area contributed by atoms with Crippen LogP contribution in [0.3, 0.4) is 0 Å². The van der Waals surface area contributed by atoms with Crippen LogP contribution in [0.5, 0.6) is 0 Å². The molecular formula is C6H8F3NO4S. The molecule has 0 aromatic heterocycles. The monoisotopic (exact) mass is 247 g/mol. The molecule has 9 heteroatoms. The van der Waals surface area contributed by atoms with Crippen LogP contribution in [0.4, 0.5) is 18.0 Å². The topological polar surface area (TPSA) is 74.7 Å². The number of alkyl halides is 3. The Morgan fingerprint density at radius 2 is 1.93 bits per heavy atom. The lowest BCUT2D eigenvalue weighted by atomic mass is 10.4. The van der Waals surface area contributed by atoms with E-state index in [0.717, 1.165) is 0 Å². The van der Waals surface area contributed by atoms with Crippen LogP contribution in [-0.4, -0.2) is 48.4 Å². The van der Waals surface area contributed by atoms with Gasteiger partial charge in [0.05, 0.1) is 5.25 Å². The standard InChI is InChI=1S/C6H8F3NO4S/c7-6(8,9)15(13,14)4-1-2-10(3-4)5(11)12/h4H,1-3H2,(H,11,12)/t4-/m0/s1. The number of halogens is 3. The highest BCUT2D eigenvalue weighted by Crippen LogP contribution is 2.31. The lowest BCUT2D eigenvalue weighted by Gasteiger charge is -2.14. The largest absolute Gasteiger partial charge is 0.497 e. The molecule has 1 amide bonds. The zero-order chi connectivity index (χ0) is 11.9. The number of rotatable bonds is 1. The fraction of sp³-hybridized carbons (Fsp3) is 0.833. The van der Waals surface area contributed by atoms with E-state index in [9.17, 15) is 26.4 Å². The maximum absolute atomic E-state index is 12.1. The maximum Gasteiger partial charge on any atom is 0.497 e. The molecule has 15 heavy (non-hydrogen) atoms. The first-order chi connectivity index (χ1) is 6.66. The minimum Gasteiger partial charge on any atom is -0.465 e. The second-order valence-electron chi connectivity index (χ2n) is 3.13. The number of carbonyl (C=O) groups is 1. The first kappa shape index (κ1) is 12.1. The Hall–Kier alpha value is -0.990. The van der Waals surface area contributed by atoms with Gasteiger partial charge in [-0.15, -0.1) is 0 Å².